The van der Waals surface area contributed by atoms with Gasteiger partial charge in [-0.15, -0.1) is 0 Å². The maximum absolute atomic E-state index is 14.3. The molecule has 0 saturated carbocycles. The number of nitrogens with one attached hydrogen (secondary N) is 2. The van der Waals surface area contributed by atoms with Gasteiger partial charge in [-0.05, 0) is 12.5 Å². The zero-order valence-corrected chi connectivity index (χ0v) is 16.3. The first kappa shape index (κ1) is 23.1. The molecule has 14 heteroatoms. The number of rotatable bonds is 5. The molecule has 2 unspecified atom stereocenters. The third-order valence-corrected chi connectivity index (χ3v) is 4.91. The number of halogens is 8. The van der Waals surface area contributed by atoms with Gasteiger partial charge >= 0.3 is 12.1 Å². The number of hydrogen-bond donors (Lipinski definition) is 2. The van der Waals surface area contributed by atoms with Crippen molar-refractivity contribution in [3.8, 4) is 0 Å². The Bertz CT molecular complexity index is 949. The topological polar surface area (TPSA) is 79.4 Å². The van der Waals surface area contributed by atoms with Crippen molar-refractivity contribution in [1.29, 1.82) is 0 Å². The van der Waals surface area contributed by atoms with Crippen LogP contribution in [0.25, 0.3) is 0 Å². The summed E-state index contributed by atoms with van der Waals surface area (Å²) in [5.41, 5.74) is -0.734. The Labute approximate surface area is 175 Å². The van der Waals surface area contributed by atoms with Crippen molar-refractivity contribution in [3.05, 3.63) is 40.4 Å². The van der Waals surface area contributed by atoms with Gasteiger partial charge in [-0.3, -0.25) is 14.9 Å². The van der Waals surface area contributed by atoms with Gasteiger partial charge in [0.1, 0.15) is 5.84 Å². The standard InChI is InChI=1S/C17H14ClF7N4O2/c1-15(19,20)9-4-8(2-3-10(9)18)31-11-12(16(21,22)17(23,24)25)28-13(29-14(11)30)7-5-26-27-6-7/h4-6,11-12H,2-3H2,1H3,(H,26,27)(H,28,29,30). The summed E-state index contributed by atoms with van der Waals surface area (Å²) in [5, 5.41) is 7.68. The molecule has 2 atom stereocenters. The Morgan fingerprint density at radius 3 is 2.39 bits per heavy atom. The van der Waals surface area contributed by atoms with Crippen molar-refractivity contribution in [2.75, 3.05) is 0 Å². The van der Waals surface area contributed by atoms with Gasteiger partial charge in [0.25, 0.3) is 11.8 Å². The number of aromatic nitrogens is 2. The lowest BCUT2D eigenvalue weighted by Crippen LogP contribution is -2.60. The molecular weight excluding hydrogens is 461 g/mol. The summed E-state index contributed by atoms with van der Waals surface area (Å²) in [4.78, 5) is 15.8. The molecule has 1 amide bonds. The normalized spacial score (nSPS) is 23.3. The van der Waals surface area contributed by atoms with E-state index in [4.69, 9.17) is 16.3 Å². The van der Waals surface area contributed by atoms with E-state index in [1.165, 1.54) is 0 Å². The highest BCUT2D eigenvalue weighted by Crippen LogP contribution is 2.43. The lowest BCUT2D eigenvalue weighted by molar-refractivity contribution is -0.295. The number of amidine groups is 1. The number of alkyl halides is 7. The molecule has 2 heterocycles. The van der Waals surface area contributed by atoms with E-state index in [1.807, 2.05) is 0 Å². The highest BCUT2D eigenvalue weighted by atomic mass is 35.5. The van der Waals surface area contributed by atoms with Gasteiger partial charge in [0.15, 0.2) is 6.04 Å². The number of hydrogen-bond acceptors (Lipinski definition) is 4. The first-order chi connectivity index (χ1) is 14.2. The fraction of sp³-hybridized carbons (Fsp3) is 0.471. The third kappa shape index (κ3) is 4.55. The molecule has 0 radical (unpaired) electrons. The van der Waals surface area contributed by atoms with E-state index in [1.54, 1.807) is 0 Å². The fourth-order valence-corrected chi connectivity index (χ4v) is 3.27. The molecule has 0 spiro atoms. The average molecular weight is 475 g/mol. The molecule has 170 valence electrons. The smallest absolute Gasteiger partial charge is 0.455 e. The van der Waals surface area contributed by atoms with Crippen LogP contribution >= 0.6 is 11.6 Å². The summed E-state index contributed by atoms with van der Waals surface area (Å²) >= 11 is 5.76. The van der Waals surface area contributed by atoms with Crippen molar-refractivity contribution in [2.45, 2.75) is 49.9 Å². The van der Waals surface area contributed by atoms with E-state index in [-0.39, 0.29) is 23.4 Å². The van der Waals surface area contributed by atoms with E-state index in [0.717, 1.165) is 18.5 Å². The molecule has 6 nitrogen and oxygen atoms in total. The highest BCUT2D eigenvalue weighted by molar-refractivity contribution is 6.30. The van der Waals surface area contributed by atoms with Gasteiger partial charge in [0.05, 0.1) is 17.5 Å². The number of aromatic amines is 1. The Balaban J connectivity index is 2.01. The second-order valence-electron chi connectivity index (χ2n) is 6.88. The molecule has 1 aromatic heterocycles. The second-order valence-corrected chi connectivity index (χ2v) is 7.33. The summed E-state index contributed by atoms with van der Waals surface area (Å²) in [6.45, 7) is 0.527. The molecule has 0 bridgehead atoms. The van der Waals surface area contributed by atoms with Crippen molar-refractivity contribution in [3.63, 3.8) is 0 Å². The number of amides is 1. The Morgan fingerprint density at radius 2 is 1.84 bits per heavy atom. The molecule has 0 fully saturated rings. The van der Waals surface area contributed by atoms with Crippen LogP contribution in [0.1, 0.15) is 25.3 Å². The van der Waals surface area contributed by atoms with E-state index >= 15 is 0 Å². The third-order valence-electron chi connectivity index (χ3n) is 4.52. The zero-order chi connectivity index (χ0) is 23.2. The zero-order valence-electron chi connectivity index (χ0n) is 15.5. The number of H-pyrrole nitrogens is 1. The van der Waals surface area contributed by atoms with Crippen LogP contribution in [0.2, 0.25) is 0 Å². The first-order valence-electron chi connectivity index (χ1n) is 8.68. The molecule has 2 N–H and O–H groups in total. The summed E-state index contributed by atoms with van der Waals surface area (Å²) in [7, 11) is 0. The van der Waals surface area contributed by atoms with Crippen LogP contribution in [-0.4, -0.2) is 52.1 Å². The quantitative estimate of drug-likeness (QED) is 0.632. The minimum atomic E-state index is -6.06. The van der Waals surface area contributed by atoms with Crippen molar-refractivity contribution in [2.24, 2.45) is 4.99 Å². The van der Waals surface area contributed by atoms with Crippen LogP contribution in [0.3, 0.4) is 0 Å². The van der Waals surface area contributed by atoms with Crippen LogP contribution in [0, 0.1) is 0 Å². The van der Waals surface area contributed by atoms with Gasteiger partial charge in [0, 0.05) is 30.1 Å². The summed E-state index contributed by atoms with van der Waals surface area (Å²) in [6.07, 6.45) is -5.97. The summed E-state index contributed by atoms with van der Waals surface area (Å²) in [5.74, 6) is -11.2. The van der Waals surface area contributed by atoms with Gasteiger partial charge in [0.2, 0.25) is 6.10 Å². The SMILES string of the molecule is CC(F)(F)C1=C(Cl)CCC(OC2C(=O)NC(c3cn[nH]c3)=NC2C(F)(F)C(F)(F)F)=C1. The van der Waals surface area contributed by atoms with Gasteiger partial charge in [-0.2, -0.15) is 27.1 Å². The van der Waals surface area contributed by atoms with E-state index in [9.17, 15) is 35.5 Å². The maximum Gasteiger partial charge on any atom is 0.455 e. The van der Waals surface area contributed by atoms with Crippen molar-refractivity contribution in [1.82, 2.24) is 15.5 Å². The lowest BCUT2D eigenvalue weighted by Gasteiger charge is -2.35. The van der Waals surface area contributed by atoms with Gasteiger partial charge in [-0.25, -0.2) is 8.78 Å². The fourth-order valence-electron chi connectivity index (χ4n) is 2.95. The molecule has 0 aromatic carbocycles. The van der Waals surface area contributed by atoms with Gasteiger partial charge < -0.3 is 10.1 Å². The van der Waals surface area contributed by atoms with E-state index in [0.29, 0.717) is 6.92 Å². The van der Waals surface area contributed by atoms with Crippen LogP contribution in [0.4, 0.5) is 30.7 Å². The molecule has 0 saturated heterocycles. The minimum absolute atomic E-state index is 0.0470. The lowest BCUT2D eigenvalue weighted by atomic mass is 9.98. The highest BCUT2D eigenvalue weighted by Gasteiger charge is 2.67. The van der Waals surface area contributed by atoms with Gasteiger partial charge in [-0.1, -0.05) is 11.6 Å². The molecule has 1 aliphatic heterocycles. The average Bonchev–Trinajstić information content (AvgIpc) is 3.17. The molecule has 1 aromatic rings. The molecule has 3 rings (SSSR count). The number of allylic oxidation sites excluding steroid dienone is 4. The number of ether oxygens (including phenoxy) is 1. The van der Waals surface area contributed by atoms with E-state index in [2.05, 4.69) is 20.5 Å². The molecule has 1 aliphatic carbocycles. The number of nitrogens with zero attached hydrogens (tertiary/aromatic N) is 2. The van der Waals surface area contributed by atoms with Crippen LogP contribution in [-0.2, 0) is 9.53 Å². The minimum Gasteiger partial charge on any atom is -0.482 e. The predicted molar refractivity (Wildman–Crippen MR) is 93.7 cm³/mol. The largest absolute Gasteiger partial charge is 0.482 e. The van der Waals surface area contributed by atoms with E-state index < -0.39 is 53.2 Å². The Hall–Kier alpha value is -2.57. The summed E-state index contributed by atoms with van der Waals surface area (Å²) < 4.78 is 100. The Morgan fingerprint density at radius 1 is 1.16 bits per heavy atom. The van der Waals surface area contributed by atoms with Crippen LogP contribution in [0.15, 0.2) is 39.8 Å². The van der Waals surface area contributed by atoms with Crippen molar-refractivity contribution >= 4 is 23.3 Å². The molecule has 31 heavy (non-hydrogen) atoms. The number of aliphatic imine (C=N–C) groups is 1. The number of carbonyl (C=O) groups is 1. The number of carbonyl (C=O) groups excluding carboxylic acids is 1. The first-order valence-corrected chi connectivity index (χ1v) is 9.06. The summed E-state index contributed by atoms with van der Waals surface area (Å²) in [6, 6.07) is -3.01. The monoisotopic (exact) mass is 474 g/mol. The van der Waals surface area contributed by atoms with Crippen molar-refractivity contribution < 1.29 is 40.3 Å². The maximum atomic E-state index is 14.3. The predicted octanol–water partition coefficient (Wildman–Crippen LogP) is 4.06. The molecular formula is C17H14ClF7N4O2. The van der Waals surface area contributed by atoms with Crippen LogP contribution in [0.5, 0.6) is 0 Å². The second kappa shape index (κ2) is 7.84. The van der Waals surface area contributed by atoms with Crippen LogP contribution < -0.4 is 5.32 Å². The Kier molecular flexibility index (Phi) is 5.84. The molecule has 2 aliphatic rings.